The van der Waals surface area contributed by atoms with Crippen molar-refractivity contribution in [1.29, 1.82) is 0 Å². The molecule has 0 aromatic heterocycles. The molecule has 0 amide bonds. The molecule has 2 rings (SSSR count). The first-order valence-corrected chi connectivity index (χ1v) is 5.29. The van der Waals surface area contributed by atoms with Gasteiger partial charge in [0.05, 0.1) is 6.61 Å². The smallest absolute Gasteiger partial charge is 0.190 e. The summed E-state index contributed by atoms with van der Waals surface area (Å²) in [6.07, 6.45) is -3.26. The highest BCUT2D eigenvalue weighted by Gasteiger charge is 2.58. The first-order valence-electron chi connectivity index (χ1n) is 5.29. The fourth-order valence-electron chi connectivity index (χ4n) is 2.10. The Bertz CT molecular complexity index is 276. The molecule has 2 fully saturated rings. The van der Waals surface area contributed by atoms with E-state index in [2.05, 4.69) is 0 Å². The Morgan fingerprint density at radius 1 is 1.31 bits per heavy atom. The summed E-state index contributed by atoms with van der Waals surface area (Å²) in [7, 11) is 0. The normalized spacial score (nSPS) is 45.4. The van der Waals surface area contributed by atoms with Gasteiger partial charge in [0.25, 0.3) is 0 Å². The highest BCUT2D eigenvalue weighted by molar-refractivity contribution is 5.00. The third kappa shape index (κ3) is 1.85. The van der Waals surface area contributed by atoms with Gasteiger partial charge in [0.15, 0.2) is 12.1 Å². The Balaban J connectivity index is 2.11. The molecule has 2 aliphatic rings. The number of hydrogen-bond acceptors (Lipinski definition) is 6. The molecule has 0 aromatic carbocycles. The number of aliphatic hydroxyl groups excluding tert-OH is 2. The first kappa shape index (κ1) is 12.2. The van der Waals surface area contributed by atoms with Crippen LogP contribution in [0.3, 0.4) is 0 Å². The Morgan fingerprint density at radius 2 is 1.94 bits per heavy atom. The minimum atomic E-state index is -1.51. The summed E-state index contributed by atoms with van der Waals surface area (Å²) in [5, 5.41) is 28.8. The van der Waals surface area contributed by atoms with Crippen LogP contribution in [0, 0.1) is 0 Å². The fourth-order valence-corrected chi connectivity index (χ4v) is 2.10. The zero-order valence-electron chi connectivity index (χ0n) is 9.58. The van der Waals surface area contributed by atoms with Crippen LogP contribution in [0.25, 0.3) is 0 Å². The molecule has 3 N–H and O–H groups in total. The average Bonchev–Trinajstić information content (AvgIpc) is 2.62. The molecule has 2 saturated heterocycles. The van der Waals surface area contributed by atoms with E-state index in [0.717, 1.165) is 0 Å². The summed E-state index contributed by atoms with van der Waals surface area (Å²) in [6, 6.07) is 0. The highest BCUT2D eigenvalue weighted by atomic mass is 16.8. The molecule has 16 heavy (non-hydrogen) atoms. The van der Waals surface area contributed by atoms with Crippen LogP contribution in [0.2, 0.25) is 0 Å². The van der Waals surface area contributed by atoms with Crippen molar-refractivity contribution in [3.8, 4) is 0 Å². The lowest BCUT2D eigenvalue weighted by Crippen LogP contribution is -2.50. The summed E-state index contributed by atoms with van der Waals surface area (Å²) >= 11 is 0. The van der Waals surface area contributed by atoms with Gasteiger partial charge in [-0.1, -0.05) is 0 Å². The molecular formula is C10H18O6. The molecule has 0 bridgehead atoms. The van der Waals surface area contributed by atoms with Gasteiger partial charge in [-0.25, -0.2) is 0 Å². The molecule has 5 atom stereocenters. The van der Waals surface area contributed by atoms with Gasteiger partial charge in [0.1, 0.15) is 23.9 Å². The molecule has 2 aliphatic heterocycles. The molecule has 0 spiro atoms. The zero-order chi connectivity index (χ0) is 12.1. The molecule has 2 heterocycles. The van der Waals surface area contributed by atoms with E-state index >= 15 is 0 Å². The lowest BCUT2D eigenvalue weighted by Gasteiger charge is -2.31. The van der Waals surface area contributed by atoms with Crippen molar-refractivity contribution in [3.05, 3.63) is 0 Å². The van der Waals surface area contributed by atoms with Gasteiger partial charge in [-0.05, 0) is 20.8 Å². The number of ether oxygens (including phenoxy) is 3. The molecule has 94 valence electrons. The maximum atomic E-state index is 9.96. The minimum absolute atomic E-state index is 0.502. The van der Waals surface area contributed by atoms with Crippen LogP contribution in [-0.4, -0.2) is 57.9 Å². The van der Waals surface area contributed by atoms with Crippen LogP contribution in [0.4, 0.5) is 0 Å². The zero-order valence-corrected chi connectivity index (χ0v) is 9.58. The molecule has 0 aromatic rings. The lowest BCUT2D eigenvalue weighted by molar-refractivity contribution is -0.241. The van der Waals surface area contributed by atoms with Crippen LogP contribution >= 0.6 is 0 Å². The van der Waals surface area contributed by atoms with E-state index in [1.807, 2.05) is 0 Å². The van der Waals surface area contributed by atoms with Crippen molar-refractivity contribution in [2.75, 3.05) is 6.61 Å². The van der Waals surface area contributed by atoms with Gasteiger partial charge in [-0.2, -0.15) is 0 Å². The second-order valence-corrected chi connectivity index (χ2v) is 5.03. The van der Waals surface area contributed by atoms with E-state index in [4.69, 9.17) is 19.3 Å². The van der Waals surface area contributed by atoms with Crippen LogP contribution < -0.4 is 0 Å². The Morgan fingerprint density at radius 3 is 2.44 bits per heavy atom. The summed E-state index contributed by atoms with van der Waals surface area (Å²) in [5.74, 6) is -0.799. The van der Waals surface area contributed by atoms with Crippen LogP contribution in [0.5, 0.6) is 0 Å². The van der Waals surface area contributed by atoms with Crippen LogP contribution in [0.15, 0.2) is 0 Å². The first-order chi connectivity index (χ1) is 7.27. The van der Waals surface area contributed by atoms with Crippen molar-refractivity contribution in [2.45, 2.75) is 56.8 Å². The van der Waals surface area contributed by atoms with Crippen molar-refractivity contribution in [2.24, 2.45) is 0 Å². The topological polar surface area (TPSA) is 88.4 Å². The SMILES string of the molecule is CC1(C)O[C@H]2OC([C@](C)(O)CO)[C@@H](O)[C@H]2O1. The van der Waals surface area contributed by atoms with Gasteiger partial charge in [0, 0.05) is 0 Å². The molecule has 6 heteroatoms. The van der Waals surface area contributed by atoms with E-state index in [-0.39, 0.29) is 0 Å². The van der Waals surface area contributed by atoms with E-state index in [9.17, 15) is 10.2 Å². The van der Waals surface area contributed by atoms with E-state index in [0.29, 0.717) is 0 Å². The summed E-state index contributed by atoms with van der Waals surface area (Å²) in [6.45, 7) is 4.34. The molecule has 0 saturated carbocycles. The second-order valence-electron chi connectivity index (χ2n) is 5.03. The molecule has 6 nitrogen and oxygen atoms in total. The summed E-state index contributed by atoms with van der Waals surface area (Å²) < 4.78 is 16.3. The molecule has 0 radical (unpaired) electrons. The van der Waals surface area contributed by atoms with Crippen molar-refractivity contribution in [1.82, 2.24) is 0 Å². The average molecular weight is 234 g/mol. The third-order valence-corrected chi connectivity index (χ3v) is 2.95. The number of rotatable bonds is 2. The van der Waals surface area contributed by atoms with E-state index < -0.39 is 42.6 Å². The van der Waals surface area contributed by atoms with Gasteiger partial charge < -0.3 is 29.5 Å². The van der Waals surface area contributed by atoms with Crippen molar-refractivity contribution < 1.29 is 29.5 Å². The Hall–Kier alpha value is -0.240. The van der Waals surface area contributed by atoms with E-state index in [1.165, 1.54) is 6.92 Å². The standard InChI is InChI=1S/C10H18O6/c1-9(2)15-6-5(12)7(10(3,13)4-11)14-8(6)16-9/h5-8,11-13H,4H2,1-3H3/t5-,6+,7?,8+,10+/m0/s1. The third-order valence-electron chi connectivity index (χ3n) is 2.95. The van der Waals surface area contributed by atoms with Crippen molar-refractivity contribution in [3.63, 3.8) is 0 Å². The van der Waals surface area contributed by atoms with Gasteiger partial charge >= 0.3 is 0 Å². The molecule has 1 unspecified atom stereocenters. The van der Waals surface area contributed by atoms with Crippen LogP contribution in [-0.2, 0) is 14.2 Å². The number of hydrogen-bond donors (Lipinski definition) is 3. The van der Waals surface area contributed by atoms with Gasteiger partial charge in [-0.3, -0.25) is 0 Å². The largest absolute Gasteiger partial charge is 0.393 e. The molecular weight excluding hydrogens is 216 g/mol. The maximum absolute atomic E-state index is 9.96. The second kappa shape index (κ2) is 3.63. The van der Waals surface area contributed by atoms with E-state index in [1.54, 1.807) is 13.8 Å². The fraction of sp³-hybridized carbons (Fsp3) is 1.00. The Labute approximate surface area is 93.7 Å². The minimum Gasteiger partial charge on any atom is -0.393 e. The predicted octanol–water partition coefficient (Wildman–Crippen LogP) is -1.03. The Kier molecular flexibility index (Phi) is 2.77. The number of aliphatic hydroxyl groups is 3. The predicted molar refractivity (Wildman–Crippen MR) is 52.4 cm³/mol. The van der Waals surface area contributed by atoms with Crippen LogP contribution in [0.1, 0.15) is 20.8 Å². The monoisotopic (exact) mass is 234 g/mol. The van der Waals surface area contributed by atoms with Gasteiger partial charge in [0.2, 0.25) is 0 Å². The highest BCUT2D eigenvalue weighted by Crippen LogP contribution is 2.40. The number of fused-ring (bicyclic) bond motifs is 1. The quantitative estimate of drug-likeness (QED) is 0.566. The van der Waals surface area contributed by atoms with Gasteiger partial charge in [-0.15, -0.1) is 0 Å². The summed E-state index contributed by atoms with van der Waals surface area (Å²) in [5.41, 5.74) is -1.51. The lowest BCUT2D eigenvalue weighted by atomic mass is 9.95. The maximum Gasteiger partial charge on any atom is 0.190 e. The summed E-state index contributed by atoms with van der Waals surface area (Å²) in [4.78, 5) is 0. The molecule has 0 aliphatic carbocycles. The van der Waals surface area contributed by atoms with Crippen molar-refractivity contribution >= 4 is 0 Å².